The highest BCUT2D eigenvalue weighted by molar-refractivity contribution is 5.84. The quantitative estimate of drug-likeness (QED) is 0.459. The first-order valence-corrected chi connectivity index (χ1v) is 11.9. The lowest BCUT2D eigenvalue weighted by Crippen LogP contribution is -2.46. The fourth-order valence-corrected chi connectivity index (χ4v) is 3.06. The minimum atomic E-state index is -0.492. The summed E-state index contributed by atoms with van der Waals surface area (Å²) in [6, 6.07) is 9.11. The molecular weight excluding hydrogens is 404 g/mol. The van der Waals surface area contributed by atoms with E-state index in [1.54, 1.807) is 11.9 Å². The number of hydrogen-bond donors (Lipinski definition) is 1. The molecule has 1 unspecified atom stereocenters. The Morgan fingerprint density at radius 3 is 2.06 bits per heavy atom. The summed E-state index contributed by atoms with van der Waals surface area (Å²) in [4.78, 5) is 37.2. The molecule has 0 radical (unpaired) electrons. The minimum absolute atomic E-state index is 0.0501. The van der Waals surface area contributed by atoms with E-state index in [1.807, 2.05) is 58.0 Å². The minimum Gasteiger partial charge on any atom is -0.459 e. The average Bonchev–Trinajstić information content (AvgIpc) is 2.76. The Morgan fingerprint density at radius 2 is 1.62 bits per heavy atom. The van der Waals surface area contributed by atoms with Gasteiger partial charge < -0.3 is 15.0 Å². The number of carbonyl (C=O) groups excluding carboxylic acids is 3. The van der Waals surface area contributed by atoms with E-state index in [-0.39, 0.29) is 24.4 Å². The van der Waals surface area contributed by atoms with Crippen molar-refractivity contribution >= 4 is 17.8 Å². The van der Waals surface area contributed by atoms with Crippen LogP contribution < -0.4 is 5.32 Å². The van der Waals surface area contributed by atoms with Crippen molar-refractivity contribution < 1.29 is 19.1 Å². The largest absolute Gasteiger partial charge is 0.459 e. The van der Waals surface area contributed by atoms with Crippen LogP contribution in [0.3, 0.4) is 0 Å². The third kappa shape index (κ3) is 13.1. The topological polar surface area (TPSA) is 75.7 Å². The molecule has 0 aliphatic rings. The number of ether oxygens (including phenoxy) is 1. The molecule has 1 aromatic carbocycles. The molecule has 0 heterocycles. The molecule has 32 heavy (non-hydrogen) atoms. The van der Waals surface area contributed by atoms with Crippen LogP contribution in [0.1, 0.15) is 79.2 Å². The molecule has 0 aromatic heterocycles. The van der Waals surface area contributed by atoms with Crippen LogP contribution in [-0.4, -0.2) is 42.3 Å². The number of rotatable bonds is 12. The van der Waals surface area contributed by atoms with Crippen molar-refractivity contribution in [2.45, 2.75) is 86.3 Å². The monoisotopic (exact) mass is 448 g/mol. The first kappa shape index (κ1) is 29.6. The van der Waals surface area contributed by atoms with Gasteiger partial charge in [0.1, 0.15) is 12.6 Å². The number of esters is 1. The molecule has 0 spiro atoms. The lowest BCUT2D eigenvalue weighted by Gasteiger charge is -2.29. The molecule has 0 aliphatic heterocycles. The number of hydrogen-bond acceptors (Lipinski definition) is 4. The van der Waals surface area contributed by atoms with Gasteiger partial charge in [-0.25, -0.2) is 4.79 Å². The number of amides is 2. The Bertz CT molecular complexity index is 659. The van der Waals surface area contributed by atoms with Gasteiger partial charge in [0, 0.05) is 26.4 Å². The fourth-order valence-electron chi connectivity index (χ4n) is 3.06. The van der Waals surface area contributed by atoms with E-state index in [0.29, 0.717) is 37.6 Å². The molecule has 1 atom stereocenters. The summed E-state index contributed by atoms with van der Waals surface area (Å²) in [5.41, 5.74) is 0.953. The predicted molar refractivity (Wildman–Crippen MR) is 130 cm³/mol. The molecule has 0 saturated heterocycles. The van der Waals surface area contributed by atoms with Gasteiger partial charge >= 0.3 is 5.97 Å². The van der Waals surface area contributed by atoms with Gasteiger partial charge in [0.15, 0.2) is 0 Å². The van der Waals surface area contributed by atoms with Crippen LogP contribution in [0.25, 0.3) is 0 Å². The number of nitrogens with zero attached hydrogens (tertiary/aromatic N) is 1. The van der Waals surface area contributed by atoms with E-state index in [9.17, 15) is 14.4 Å². The lowest BCUT2D eigenvalue weighted by molar-refractivity contribution is -0.156. The number of carbonyl (C=O) groups is 3. The molecule has 1 N–H and O–H groups in total. The molecule has 0 saturated carbocycles. The molecule has 0 aliphatic carbocycles. The van der Waals surface area contributed by atoms with E-state index < -0.39 is 6.04 Å². The molecule has 1 rings (SSSR count). The first-order valence-electron chi connectivity index (χ1n) is 11.9. The standard InChI is InChI=1S/C20H31NO3.C6H13NO/c1-5-14-21(19(22)13-12-16(3)4)18(6-2)20(23)24-15-17-10-8-7-9-11-17;1-5(2)4-6(8)7-3/h7-11,16,18H,5-6,12-15H2,1-4H3;5H,4H2,1-3H3,(H,7,8). The first-order chi connectivity index (χ1) is 15.2. The highest BCUT2D eigenvalue weighted by Gasteiger charge is 2.28. The van der Waals surface area contributed by atoms with Gasteiger partial charge in [-0.15, -0.1) is 0 Å². The van der Waals surface area contributed by atoms with Crippen LogP contribution in [0, 0.1) is 11.8 Å². The summed E-state index contributed by atoms with van der Waals surface area (Å²) in [5, 5.41) is 2.56. The zero-order chi connectivity index (χ0) is 24.5. The van der Waals surface area contributed by atoms with Gasteiger partial charge in [0.2, 0.25) is 11.8 Å². The van der Waals surface area contributed by atoms with Crippen LogP contribution in [0.15, 0.2) is 30.3 Å². The van der Waals surface area contributed by atoms with Crippen molar-refractivity contribution in [3.8, 4) is 0 Å². The van der Waals surface area contributed by atoms with E-state index in [0.717, 1.165) is 18.4 Å². The van der Waals surface area contributed by atoms with Gasteiger partial charge in [0.05, 0.1) is 0 Å². The van der Waals surface area contributed by atoms with Gasteiger partial charge in [0.25, 0.3) is 0 Å². The van der Waals surface area contributed by atoms with Crippen molar-refractivity contribution in [3.63, 3.8) is 0 Å². The molecule has 182 valence electrons. The van der Waals surface area contributed by atoms with Crippen LogP contribution >= 0.6 is 0 Å². The molecule has 0 fully saturated rings. The van der Waals surface area contributed by atoms with E-state index >= 15 is 0 Å². The molecular formula is C26H44N2O4. The van der Waals surface area contributed by atoms with Crippen molar-refractivity contribution in [2.24, 2.45) is 11.8 Å². The van der Waals surface area contributed by atoms with Crippen LogP contribution in [0.5, 0.6) is 0 Å². The third-order valence-corrected chi connectivity index (χ3v) is 4.85. The number of benzene rings is 1. The SMILES string of the molecule is CCCN(C(=O)CCC(C)C)C(CC)C(=O)OCc1ccccc1.CNC(=O)CC(C)C. The summed E-state index contributed by atoms with van der Waals surface area (Å²) in [7, 11) is 1.66. The summed E-state index contributed by atoms with van der Waals surface area (Å²) >= 11 is 0. The summed E-state index contributed by atoms with van der Waals surface area (Å²) in [6.07, 6.45) is 3.36. The lowest BCUT2D eigenvalue weighted by atomic mass is 10.1. The van der Waals surface area contributed by atoms with Crippen LogP contribution in [-0.2, 0) is 25.7 Å². The smallest absolute Gasteiger partial charge is 0.329 e. The molecule has 6 heteroatoms. The number of nitrogens with one attached hydrogen (secondary N) is 1. The van der Waals surface area contributed by atoms with Crippen LogP contribution in [0.2, 0.25) is 0 Å². The van der Waals surface area contributed by atoms with Crippen molar-refractivity contribution in [1.29, 1.82) is 0 Å². The van der Waals surface area contributed by atoms with E-state index in [1.165, 1.54) is 0 Å². The predicted octanol–water partition coefficient (Wildman–Crippen LogP) is 4.96. The highest BCUT2D eigenvalue weighted by atomic mass is 16.5. The molecule has 1 aromatic rings. The van der Waals surface area contributed by atoms with Gasteiger partial charge in [-0.1, -0.05) is 71.9 Å². The second-order valence-corrected chi connectivity index (χ2v) is 8.81. The maximum atomic E-state index is 12.5. The van der Waals surface area contributed by atoms with Gasteiger partial charge in [-0.3, -0.25) is 9.59 Å². The normalized spacial score (nSPS) is 11.4. The summed E-state index contributed by atoms with van der Waals surface area (Å²) in [5.74, 6) is 0.805. The Morgan fingerprint density at radius 1 is 1.00 bits per heavy atom. The van der Waals surface area contributed by atoms with E-state index in [4.69, 9.17) is 4.74 Å². The average molecular weight is 449 g/mol. The molecule has 6 nitrogen and oxygen atoms in total. The fraction of sp³-hybridized carbons (Fsp3) is 0.654. The third-order valence-electron chi connectivity index (χ3n) is 4.85. The van der Waals surface area contributed by atoms with Crippen molar-refractivity contribution in [1.82, 2.24) is 10.2 Å². The van der Waals surface area contributed by atoms with Gasteiger partial charge in [-0.05, 0) is 36.7 Å². The van der Waals surface area contributed by atoms with E-state index in [2.05, 4.69) is 19.2 Å². The zero-order valence-electron chi connectivity index (χ0n) is 21.1. The Hall–Kier alpha value is -2.37. The van der Waals surface area contributed by atoms with Crippen molar-refractivity contribution in [3.05, 3.63) is 35.9 Å². The second-order valence-electron chi connectivity index (χ2n) is 8.81. The van der Waals surface area contributed by atoms with Crippen molar-refractivity contribution in [2.75, 3.05) is 13.6 Å². The summed E-state index contributed by atoms with van der Waals surface area (Å²) in [6.45, 7) is 13.0. The maximum absolute atomic E-state index is 12.5. The Kier molecular flexibility index (Phi) is 15.9. The molecule has 2 amide bonds. The second kappa shape index (κ2) is 17.2. The summed E-state index contributed by atoms with van der Waals surface area (Å²) < 4.78 is 5.45. The van der Waals surface area contributed by atoms with Crippen LogP contribution in [0.4, 0.5) is 0 Å². The Labute approximate surface area is 195 Å². The molecule has 0 bridgehead atoms. The highest BCUT2D eigenvalue weighted by Crippen LogP contribution is 2.14. The Balaban J connectivity index is 0.00000102. The van der Waals surface area contributed by atoms with Gasteiger partial charge in [-0.2, -0.15) is 0 Å². The maximum Gasteiger partial charge on any atom is 0.329 e. The zero-order valence-corrected chi connectivity index (χ0v) is 21.1.